The third-order valence-electron chi connectivity index (χ3n) is 5.36. The molecule has 7 heteroatoms. The summed E-state index contributed by atoms with van der Waals surface area (Å²) in [5.74, 6) is 1.25. The van der Waals surface area contributed by atoms with E-state index in [-0.39, 0.29) is 37.7 Å². The van der Waals surface area contributed by atoms with Crippen molar-refractivity contribution in [3.8, 4) is 34.4 Å². The van der Waals surface area contributed by atoms with Gasteiger partial charge in [-0.05, 0) is 73.5 Å². The van der Waals surface area contributed by atoms with Crippen LogP contribution in [-0.2, 0) is 26.2 Å². The van der Waals surface area contributed by atoms with Gasteiger partial charge in [0.2, 0.25) is 11.8 Å². The second kappa shape index (κ2) is 10.3. The smallest absolute Gasteiger partial charge is 0.231 e. The van der Waals surface area contributed by atoms with Gasteiger partial charge in [0.25, 0.3) is 0 Å². The van der Waals surface area contributed by atoms with E-state index in [9.17, 15) is 10.2 Å². The Morgan fingerprint density at radius 3 is 1.37 bits per heavy atom. The van der Waals surface area contributed by atoms with Crippen molar-refractivity contribution in [3.63, 3.8) is 0 Å². The number of nitrogens with zero attached hydrogens (tertiary/aromatic N) is 2. The molecule has 0 saturated heterocycles. The summed E-state index contributed by atoms with van der Waals surface area (Å²) in [6, 6.07) is 25.7. The van der Waals surface area contributed by atoms with Crippen LogP contribution >= 0.6 is 0 Å². The Balaban J connectivity index is 0.000000160. The minimum absolute atomic E-state index is 0. The molecule has 35 heavy (non-hydrogen) atoms. The Morgan fingerprint density at radius 2 is 0.971 bits per heavy atom. The first-order valence-electron chi connectivity index (χ1n) is 10.8. The van der Waals surface area contributed by atoms with Crippen LogP contribution in [0.3, 0.4) is 0 Å². The van der Waals surface area contributed by atoms with Crippen molar-refractivity contribution in [2.24, 2.45) is 0 Å². The summed E-state index contributed by atoms with van der Waals surface area (Å²) in [6.45, 7) is 4.02. The summed E-state index contributed by atoms with van der Waals surface area (Å²) in [6.07, 6.45) is 0. The molecule has 0 saturated carbocycles. The molecule has 6 rings (SSSR count). The van der Waals surface area contributed by atoms with Crippen LogP contribution in [0, 0.1) is 13.8 Å². The van der Waals surface area contributed by atoms with Crippen molar-refractivity contribution >= 4 is 22.2 Å². The van der Waals surface area contributed by atoms with Gasteiger partial charge < -0.3 is 19.0 Å². The first-order valence-corrected chi connectivity index (χ1v) is 10.8. The average molecular weight is 542 g/mol. The van der Waals surface area contributed by atoms with Crippen LogP contribution in [-0.4, -0.2) is 20.2 Å². The van der Waals surface area contributed by atoms with Gasteiger partial charge in [-0.15, -0.1) is 0 Å². The van der Waals surface area contributed by atoms with Gasteiger partial charge in [0.15, 0.2) is 11.2 Å². The first kappa shape index (κ1) is 24.4. The number of hydrogen-bond donors (Lipinski definition) is 2. The molecule has 6 aromatic rings. The molecule has 0 atom stereocenters. The SMILES string of the molecule is Cc1ccc2oc(-c3ccccc3O)nc2c1.Cc1ccc2oc(-c3ccccc3O)nc2c1.[Zr]. The van der Waals surface area contributed by atoms with Crippen molar-refractivity contribution in [2.75, 3.05) is 0 Å². The van der Waals surface area contributed by atoms with Crippen LogP contribution in [0.15, 0.2) is 93.8 Å². The molecule has 6 nitrogen and oxygen atoms in total. The fourth-order valence-electron chi connectivity index (χ4n) is 3.61. The van der Waals surface area contributed by atoms with Gasteiger partial charge in [0.05, 0.1) is 11.1 Å². The maximum atomic E-state index is 9.74. The molecule has 2 heterocycles. The molecule has 0 radical (unpaired) electrons. The van der Waals surface area contributed by atoms with Gasteiger partial charge in [-0.25, -0.2) is 9.97 Å². The molecule has 4 aromatic carbocycles. The molecule has 0 unspecified atom stereocenters. The van der Waals surface area contributed by atoms with Gasteiger partial charge in [-0.2, -0.15) is 0 Å². The van der Waals surface area contributed by atoms with Crippen molar-refractivity contribution in [1.29, 1.82) is 0 Å². The zero-order valence-corrected chi connectivity index (χ0v) is 21.6. The van der Waals surface area contributed by atoms with Crippen LogP contribution in [0.2, 0.25) is 0 Å². The maximum absolute atomic E-state index is 9.74. The zero-order valence-electron chi connectivity index (χ0n) is 19.2. The molecule has 0 aliphatic carbocycles. The summed E-state index contributed by atoms with van der Waals surface area (Å²) in [7, 11) is 0. The monoisotopic (exact) mass is 540 g/mol. The van der Waals surface area contributed by atoms with Crippen LogP contribution in [0.5, 0.6) is 11.5 Å². The number of aromatic nitrogens is 2. The van der Waals surface area contributed by atoms with Gasteiger partial charge in [-0.1, -0.05) is 36.4 Å². The van der Waals surface area contributed by atoms with Gasteiger partial charge in [0.1, 0.15) is 22.5 Å². The quantitative estimate of drug-likeness (QED) is 0.245. The second-order valence-corrected chi connectivity index (χ2v) is 8.01. The van der Waals surface area contributed by atoms with Gasteiger partial charge in [-0.3, -0.25) is 0 Å². The fraction of sp³-hybridized carbons (Fsp3) is 0.0714. The van der Waals surface area contributed by atoms with Gasteiger partial charge >= 0.3 is 0 Å². The van der Waals surface area contributed by atoms with E-state index in [1.54, 1.807) is 36.4 Å². The Hall–Kier alpha value is -3.70. The number of hydrogen-bond acceptors (Lipinski definition) is 6. The van der Waals surface area contributed by atoms with E-state index in [1.807, 2.05) is 62.4 Å². The molecule has 2 N–H and O–H groups in total. The number of aromatic hydroxyl groups is 2. The summed E-state index contributed by atoms with van der Waals surface area (Å²) >= 11 is 0. The largest absolute Gasteiger partial charge is 0.507 e. The second-order valence-electron chi connectivity index (χ2n) is 8.01. The minimum Gasteiger partial charge on any atom is -0.507 e. The van der Waals surface area contributed by atoms with E-state index < -0.39 is 0 Å². The molecule has 0 aliphatic heterocycles. The molecule has 0 aliphatic rings. The Kier molecular flexibility index (Phi) is 7.18. The molecular formula is C28H22N2O4Zr. The van der Waals surface area contributed by atoms with E-state index >= 15 is 0 Å². The molecule has 0 fully saturated rings. The third kappa shape index (κ3) is 5.20. The van der Waals surface area contributed by atoms with E-state index in [0.717, 1.165) is 33.3 Å². The molecule has 0 bridgehead atoms. The standard InChI is InChI=1S/2C14H11NO2.Zr/c2*1-9-6-7-13-11(8-9)15-14(17-13)10-4-2-3-5-12(10)16;/h2*2-8,16H,1H3;. The van der Waals surface area contributed by atoms with E-state index in [0.29, 0.717) is 22.9 Å². The van der Waals surface area contributed by atoms with Crippen molar-refractivity contribution < 1.29 is 45.3 Å². The predicted octanol–water partition coefficient (Wildman–Crippen LogP) is 7.02. The predicted molar refractivity (Wildman–Crippen MR) is 132 cm³/mol. The van der Waals surface area contributed by atoms with Crippen molar-refractivity contribution in [3.05, 3.63) is 96.1 Å². The zero-order chi connectivity index (χ0) is 23.7. The third-order valence-corrected chi connectivity index (χ3v) is 5.36. The van der Waals surface area contributed by atoms with E-state index in [2.05, 4.69) is 9.97 Å². The summed E-state index contributed by atoms with van der Waals surface area (Å²) in [5, 5.41) is 19.5. The molecule has 0 amide bonds. The number of aryl methyl sites for hydroxylation is 2. The number of phenols is 2. The van der Waals surface area contributed by atoms with Crippen LogP contribution < -0.4 is 0 Å². The van der Waals surface area contributed by atoms with Crippen LogP contribution in [0.25, 0.3) is 45.1 Å². The van der Waals surface area contributed by atoms with Crippen molar-refractivity contribution in [2.45, 2.75) is 13.8 Å². The molecule has 2 aromatic heterocycles. The molecule has 0 spiro atoms. The minimum atomic E-state index is 0. The number of rotatable bonds is 2. The number of para-hydroxylation sites is 2. The van der Waals surface area contributed by atoms with E-state index in [4.69, 9.17) is 8.83 Å². The summed E-state index contributed by atoms with van der Waals surface area (Å²) in [4.78, 5) is 8.76. The maximum Gasteiger partial charge on any atom is 0.231 e. The fourth-order valence-corrected chi connectivity index (χ4v) is 3.61. The summed E-state index contributed by atoms with van der Waals surface area (Å²) in [5.41, 5.74) is 6.57. The normalized spacial score (nSPS) is 10.6. The van der Waals surface area contributed by atoms with Crippen LogP contribution in [0.1, 0.15) is 11.1 Å². The number of oxazole rings is 2. The Morgan fingerprint density at radius 1 is 0.571 bits per heavy atom. The Labute approximate surface area is 221 Å². The summed E-state index contributed by atoms with van der Waals surface area (Å²) < 4.78 is 11.2. The number of benzene rings is 4. The number of phenolic OH excluding ortho intramolecular Hbond substituents is 2. The Bertz CT molecular complexity index is 1500. The first-order chi connectivity index (χ1) is 16.5. The molecule has 172 valence electrons. The topological polar surface area (TPSA) is 92.5 Å². The average Bonchev–Trinajstić information content (AvgIpc) is 3.43. The van der Waals surface area contributed by atoms with Crippen LogP contribution in [0.4, 0.5) is 0 Å². The van der Waals surface area contributed by atoms with E-state index in [1.165, 1.54) is 0 Å². The van der Waals surface area contributed by atoms with Gasteiger partial charge in [0, 0.05) is 26.2 Å². The number of fused-ring (bicyclic) bond motifs is 2. The molecular weight excluding hydrogens is 520 g/mol. The van der Waals surface area contributed by atoms with Crippen molar-refractivity contribution in [1.82, 2.24) is 9.97 Å².